The summed E-state index contributed by atoms with van der Waals surface area (Å²) in [7, 11) is 0. The minimum atomic E-state index is -1.43. The molecule has 0 aliphatic heterocycles. The summed E-state index contributed by atoms with van der Waals surface area (Å²) in [6, 6.07) is 34.7. The molecule has 2 heteroatoms. The molecule has 0 amide bonds. The SMILES string of the molecule is [2H]C([2H])(c1ccc(-c2ccnc(-c3cccc4c3oc3c(-c5ccccc5)cccc34)c2)cc1)C(C)(C)C. The van der Waals surface area contributed by atoms with E-state index in [2.05, 4.69) is 54.6 Å². The second-order valence-corrected chi connectivity index (χ2v) is 10.2. The number of benzene rings is 4. The largest absolute Gasteiger partial charge is 0.455 e. The zero-order valence-corrected chi connectivity index (χ0v) is 20.7. The Morgan fingerprint density at radius 3 is 2.03 bits per heavy atom. The van der Waals surface area contributed by atoms with Crippen LogP contribution in [0.25, 0.3) is 55.4 Å². The van der Waals surface area contributed by atoms with Crippen molar-refractivity contribution in [2.45, 2.75) is 27.1 Å². The molecular formula is C34H29NO. The van der Waals surface area contributed by atoms with Crippen molar-refractivity contribution < 1.29 is 7.16 Å². The van der Waals surface area contributed by atoms with Crippen LogP contribution in [0.4, 0.5) is 0 Å². The van der Waals surface area contributed by atoms with Crippen LogP contribution in [0.15, 0.2) is 114 Å². The highest BCUT2D eigenvalue weighted by atomic mass is 16.3. The summed E-state index contributed by atoms with van der Waals surface area (Å²) in [5, 5.41) is 2.15. The third-order valence-electron chi connectivity index (χ3n) is 6.38. The van der Waals surface area contributed by atoms with Gasteiger partial charge < -0.3 is 4.42 Å². The van der Waals surface area contributed by atoms with E-state index in [4.69, 9.17) is 12.1 Å². The Balaban J connectivity index is 1.44. The summed E-state index contributed by atoms with van der Waals surface area (Å²) in [5.41, 5.74) is 7.91. The van der Waals surface area contributed by atoms with Crippen LogP contribution in [0.5, 0.6) is 0 Å². The highest BCUT2D eigenvalue weighted by Crippen LogP contribution is 2.39. The maximum Gasteiger partial charge on any atom is 0.144 e. The molecule has 2 nitrogen and oxygen atoms in total. The number of para-hydroxylation sites is 2. The zero-order valence-electron chi connectivity index (χ0n) is 22.7. The van der Waals surface area contributed by atoms with E-state index in [1.54, 1.807) is 0 Å². The monoisotopic (exact) mass is 469 g/mol. The van der Waals surface area contributed by atoms with Gasteiger partial charge in [0.05, 0.1) is 5.69 Å². The Kier molecular flexibility index (Phi) is 4.91. The first-order valence-corrected chi connectivity index (χ1v) is 12.3. The Bertz CT molecular complexity index is 1760. The summed E-state index contributed by atoms with van der Waals surface area (Å²) in [6.07, 6.45) is 0.397. The first-order chi connectivity index (χ1) is 18.2. The minimum Gasteiger partial charge on any atom is -0.455 e. The van der Waals surface area contributed by atoms with Crippen LogP contribution in [0.2, 0.25) is 0 Å². The topological polar surface area (TPSA) is 26.0 Å². The van der Waals surface area contributed by atoms with E-state index in [1.165, 1.54) is 0 Å². The van der Waals surface area contributed by atoms with Gasteiger partial charge in [-0.05, 0) is 52.2 Å². The minimum absolute atomic E-state index is 0.496. The summed E-state index contributed by atoms with van der Waals surface area (Å²) in [6.45, 7) is 5.78. The summed E-state index contributed by atoms with van der Waals surface area (Å²) >= 11 is 0. The Labute approximate surface area is 215 Å². The molecule has 6 aromatic rings. The summed E-state index contributed by atoms with van der Waals surface area (Å²) in [4.78, 5) is 4.71. The van der Waals surface area contributed by atoms with Crippen LogP contribution in [0.3, 0.4) is 0 Å². The maximum atomic E-state index is 8.58. The fourth-order valence-corrected chi connectivity index (χ4v) is 4.80. The van der Waals surface area contributed by atoms with E-state index in [-0.39, 0.29) is 0 Å². The first kappa shape index (κ1) is 20.1. The Hall–Kier alpha value is -4.17. The number of fused-ring (bicyclic) bond motifs is 3. The normalized spacial score (nSPS) is 13.1. The van der Waals surface area contributed by atoms with E-state index < -0.39 is 11.8 Å². The molecule has 6 rings (SSSR count). The molecule has 0 fully saturated rings. The van der Waals surface area contributed by atoms with E-state index in [9.17, 15) is 0 Å². The van der Waals surface area contributed by atoms with Gasteiger partial charge in [0, 0.05) is 30.8 Å². The number of nitrogens with zero attached hydrogens (tertiary/aromatic N) is 1. The smallest absolute Gasteiger partial charge is 0.144 e. The van der Waals surface area contributed by atoms with Gasteiger partial charge in [0.25, 0.3) is 0 Å². The number of hydrogen-bond acceptors (Lipinski definition) is 2. The van der Waals surface area contributed by atoms with Gasteiger partial charge in [0.1, 0.15) is 11.2 Å². The molecule has 0 atom stereocenters. The summed E-state index contributed by atoms with van der Waals surface area (Å²) < 4.78 is 23.7. The predicted octanol–water partition coefficient (Wildman–Crippen LogP) is 9.57. The lowest BCUT2D eigenvalue weighted by atomic mass is 9.87. The molecule has 0 saturated carbocycles. The highest BCUT2D eigenvalue weighted by molar-refractivity contribution is 6.12. The van der Waals surface area contributed by atoms with Gasteiger partial charge in [0.2, 0.25) is 0 Å². The van der Waals surface area contributed by atoms with Gasteiger partial charge in [-0.15, -0.1) is 0 Å². The zero-order chi connectivity index (χ0) is 26.5. The standard InChI is InChI=1S/C34H29NO/c1-34(2,3)22-23-15-17-24(18-16-23)26-19-20-35-31(21-26)30-14-8-13-29-28-12-7-11-27(32(28)36-33(29)30)25-9-5-4-6-10-25/h4-21H,22H2,1-3H3/i22D2. The molecule has 2 aromatic heterocycles. The highest BCUT2D eigenvalue weighted by Gasteiger charge is 2.16. The van der Waals surface area contributed by atoms with E-state index in [0.717, 1.165) is 55.4 Å². The van der Waals surface area contributed by atoms with E-state index >= 15 is 0 Å². The number of rotatable bonds is 4. The van der Waals surface area contributed by atoms with Crippen molar-refractivity contribution >= 4 is 21.9 Å². The van der Waals surface area contributed by atoms with Gasteiger partial charge in [-0.3, -0.25) is 4.98 Å². The van der Waals surface area contributed by atoms with Crippen LogP contribution in [0, 0.1) is 5.41 Å². The average Bonchev–Trinajstić information content (AvgIpc) is 3.32. The quantitative estimate of drug-likeness (QED) is 0.257. The van der Waals surface area contributed by atoms with Crippen molar-refractivity contribution in [1.29, 1.82) is 0 Å². The van der Waals surface area contributed by atoms with Crippen molar-refractivity contribution in [2.24, 2.45) is 5.41 Å². The molecule has 0 N–H and O–H groups in total. The van der Waals surface area contributed by atoms with Gasteiger partial charge in [-0.2, -0.15) is 0 Å². The lowest BCUT2D eigenvalue weighted by Gasteiger charge is -2.18. The first-order valence-electron chi connectivity index (χ1n) is 13.3. The van der Waals surface area contributed by atoms with Gasteiger partial charge in [-0.25, -0.2) is 0 Å². The second-order valence-electron chi connectivity index (χ2n) is 10.2. The number of furan rings is 1. The lowest BCUT2D eigenvalue weighted by Crippen LogP contribution is -2.08. The molecule has 0 spiro atoms. The molecule has 36 heavy (non-hydrogen) atoms. The molecule has 0 aliphatic rings. The molecule has 0 saturated heterocycles. The van der Waals surface area contributed by atoms with Crippen LogP contribution >= 0.6 is 0 Å². The van der Waals surface area contributed by atoms with Crippen molar-refractivity contribution in [1.82, 2.24) is 4.98 Å². The Morgan fingerprint density at radius 1 is 0.667 bits per heavy atom. The molecular weight excluding hydrogens is 438 g/mol. The van der Waals surface area contributed by atoms with Crippen LogP contribution in [0.1, 0.15) is 29.1 Å². The van der Waals surface area contributed by atoms with Crippen molar-refractivity contribution in [3.63, 3.8) is 0 Å². The van der Waals surface area contributed by atoms with Gasteiger partial charge in [-0.1, -0.05) is 106 Å². The summed E-state index contributed by atoms with van der Waals surface area (Å²) in [5.74, 6) is 0. The fraction of sp³-hybridized carbons (Fsp3) is 0.147. The predicted molar refractivity (Wildman–Crippen MR) is 151 cm³/mol. The maximum absolute atomic E-state index is 8.58. The van der Waals surface area contributed by atoms with Crippen LogP contribution < -0.4 is 0 Å². The van der Waals surface area contributed by atoms with Crippen LogP contribution in [-0.2, 0) is 6.37 Å². The fourth-order valence-electron chi connectivity index (χ4n) is 4.80. The van der Waals surface area contributed by atoms with Crippen LogP contribution in [-0.4, -0.2) is 4.98 Å². The molecule has 0 aliphatic carbocycles. The number of hydrogen-bond donors (Lipinski definition) is 0. The molecule has 2 heterocycles. The molecule has 0 radical (unpaired) electrons. The number of pyridine rings is 1. The second kappa shape index (κ2) is 8.80. The van der Waals surface area contributed by atoms with Crippen molar-refractivity contribution in [3.8, 4) is 33.5 Å². The average molecular weight is 470 g/mol. The molecule has 176 valence electrons. The van der Waals surface area contributed by atoms with Gasteiger partial charge >= 0.3 is 0 Å². The third-order valence-corrected chi connectivity index (χ3v) is 6.38. The third kappa shape index (κ3) is 4.20. The van der Waals surface area contributed by atoms with Crippen molar-refractivity contribution in [3.05, 3.63) is 115 Å². The van der Waals surface area contributed by atoms with Crippen molar-refractivity contribution in [2.75, 3.05) is 0 Å². The lowest BCUT2D eigenvalue weighted by molar-refractivity contribution is 0.411. The molecule has 0 bridgehead atoms. The molecule has 0 unspecified atom stereocenters. The van der Waals surface area contributed by atoms with E-state index in [0.29, 0.717) is 5.56 Å². The number of aromatic nitrogens is 1. The van der Waals surface area contributed by atoms with Gasteiger partial charge in [0.15, 0.2) is 0 Å². The molecule has 4 aromatic carbocycles. The Morgan fingerprint density at radius 2 is 1.33 bits per heavy atom. The van der Waals surface area contributed by atoms with E-state index in [1.807, 2.05) is 75.5 Å².